The molecule has 134 valence electrons. The van der Waals surface area contributed by atoms with Crippen LogP contribution in [0.4, 0.5) is 0 Å². The number of ketones is 1. The Hall–Kier alpha value is -2.81. The first-order valence-electron chi connectivity index (χ1n) is 9.05. The maximum atomic E-state index is 12.2. The van der Waals surface area contributed by atoms with Crippen molar-refractivity contribution in [2.24, 2.45) is 5.92 Å². The molecule has 1 saturated carbocycles. The third-order valence-electron chi connectivity index (χ3n) is 4.94. The zero-order chi connectivity index (χ0) is 18.1. The number of aryl methyl sites for hydroxylation is 2. The van der Waals surface area contributed by atoms with Crippen molar-refractivity contribution >= 4 is 22.7 Å². The molecule has 0 radical (unpaired) electrons. The summed E-state index contributed by atoms with van der Waals surface area (Å²) in [5, 5.41) is 12.9. The number of hydrogen-bond acceptors (Lipinski definition) is 5. The van der Waals surface area contributed by atoms with Crippen molar-refractivity contribution in [3.05, 3.63) is 29.5 Å². The second-order valence-corrected chi connectivity index (χ2v) is 6.97. The highest BCUT2D eigenvalue weighted by Crippen LogP contribution is 2.34. The number of Topliss-reactive ketones (excluding diaryl/α,β-unsaturated/α-hetero) is 1. The zero-order valence-electron chi connectivity index (χ0n) is 14.4. The minimum atomic E-state index is -1.32. The average molecular weight is 352 g/mol. The van der Waals surface area contributed by atoms with Crippen LogP contribution in [0.25, 0.3) is 11.0 Å². The first-order valence-corrected chi connectivity index (χ1v) is 9.05. The normalized spacial score (nSPS) is 17.2. The van der Waals surface area contributed by atoms with Crippen molar-refractivity contribution in [3.8, 4) is 11.8 Å². The van der Waals surface area contributed by atoms with Gasteiger partial charge in [0.15, 0.2) is 11.7 Å². The first-order chi connectivity index (χ1) is 12.7. The number of hydrogen-bond donors (Lipinski definition) is 1. The summed E-state index contributed by atoms with van der Waals surface area (Å²) >= 11 is 0. The van der Waals surface area contributed by atoms with Crippen molar-refractivity contribution in [3.63, 3.8) is 0 Å². The Bertz CT molecular complexity index is 904. The van der Waals surface area contributed by atoms with Gasteiger partial charge in [-0.2, -0.15) is 5.26 Å². The Morgan fingerprint density at radius 3 is 2.88 bits per heavy atom. The quantitative estimate of drug-likeness (QED) is 0.807. The molecule has 26 heavy (non-hydrogen) atoms. The Labute approximate surface area is 151 Å². The lowest BCUT2D eigenvalue weighted by molar-refractivity contribution is -0.132. The molecule has 1 N–H and O–H groups in total. The van der Waals surface area contributed by atoms with Crippen molar-refractivity contribution in [2.75, 3.05) is 6.61 Å². The highest BCUT2D eigenvalue weighted by atomic mass is 16.5. The van der Waals surface area contributed by atoms with Gasteiger partial charge in [0.25, 0.3) is 0 Å². The molecule has 0 unspecified atom stereocenters. The van der Waals surface area contributed by atoms with E-state index in [2.05, 4.69) is 5.32 Å². The van der Waals surface area contributed by atoms with Gasteiger partial charge in [-0.25, -0.2) is 0 Å². The van der Waals surface area contributed by atoms with Gasteiger partial charge < -0.3 is 14.5 Å². The molecule has 2 aromatic rings. The molecule has 6 heteroatoms. The average Bonchev–Trinajstić information content (AvgIpc) is 3.38. The monoisotopic (exact) mass is 352 g/mol. The fourth-order valence-electron chi connectivity index (χ4n) is 3.36. The molecular formula is C20H20N2O4. The van der Waals surface area contributed by atoms with E-state index in [1.54, 1.807) is 12.1 Å². The number of furan rings is 1. The van der Waals surface area contributed by atoms with Crippen LogP contribution in [0.15, 0.2) is 22.6 Å². The molecule has 2 aliphatic rings. The summed E-state index contributed by atoms with van der Waals surface area (Å²) in [5.74, 6) is -0.788. The van der Waals surface area contributed by atoms with Gasteiger partial charge in [-0.1, -0.05) is 0 Å². The smallest absolute Gasteiger partial charge is 0.245 e. The lowest BCUT2D eigenvalue weighted by Gasteiger charge is -2.11. The molecule has 1 heterocycles. The lowest BCUT2D eigenvalue weighted by atomic mass is 9.96. The number of rotatable bonds is 6. The Kier molecular flexibility index (Phi) is 4.37. The van der Waals surface area contributed by atoms with E-state index in [9.17, 15) is 9.59 Å². The molecule has 1 aromatic carbocycles. The van der Waals surface area contributed by atoms with Crippen molar-refractivity contribution in [2.45, 2.75) is 44.6 Å². The standard InChI is InChI=1S/C20H20N2O4/c21-10-16(20(24)22-12-5-6-12)17(23)11-25-13-7-8-19-15(9-13)14-3-1-2-4-18(14)26-19/h7-9,12,16H,1-6,11H2,(H,22,24)/t16-/m0/s1. The molecule has 1 aromatic heterocycles. The minimum absolute atomic E-state index is 0.113. The van der Waals surface area contributed by atoms with Crippen molar-refractivity contribution in [1.82, 2.24) is 5.32 Å². The fourth-order valence-corrected chi connectivity index (χ4v) is 3.36. The second-order valence-electron chi connectivity index (χ2n) is 6.97. The summed E-state index contributed by atoms with van der Waals surface area (Å²) < 4.78 is 11.5. The summed E-state index contributed by atoms with van der Waals surface area (Å²) in [6.45, 7) is -0.304. The van der Waals surface area contributed by atoms with Gasteiger partial charge in [-0.3, -0.25) is 9.59 Å². The molecule has 1 fully saturated rings. The van der Waals surface area contributed by atoms with Gasteiger partial charge in [0.2, 0.25) is 5.91 Å². The molecule has 4 rings (SSSR count). The molecule has 1 atom stereocenters. The third kappa shape index (κ3) is 3.30. The van der Waals surface area contributed by atoms with E-state index in [4.69, 9.17) is 14.4 Å². The van der Waals surface area contributed by atoms with E-state index in [-0.39, 0.29) is 12.6 Å². The molecule has 6 nitrogen and oxygen atoms in total. The van der Waals surface area contributed by atoms with Crippen LogP contribution in [0.3, 0.4) is 0 Å². The predicted molar refractivity (Wildman–Crippen MR) is 93.6 cm³/mol. The highest BCUT2D eigenvalue weighted by molar-refractivity contribution is 6.04. The summed E-state index contributed by atoms with van der Waals surface area (Å²) in [7, 11) is 0. The van der Waals surface area contributed by atoms with Crippen LogP contribution in [0.1, 0.15) is 37.0 Å². The molecule has 1 amide bonds. The third-order valence-corrected chi connectivity index (χ3v) is 4.94. The van der Waals surface area contributed by atoms with Crippen LogP contribution in [-0.2, 0) is 22.4 Å². The van der Waals surface area contributed by atoms with Crippen LogP contribution < -0.4 is 10.1 Å². The van der Waals surface area contributed by atoms with Gasteiger partial charge in [0.1, 0.15) is 23.7 Å². The maximum Gasteiger partial charge on any atom is 0.245 e. The number of carbonyl (C=O) groups is 2. The van der Waals surface area contributed by atoms with Crippen LogP contribution in [-0.4, -0.2) is 24.3 Å². The molecular weight excluding hydrogens is 332 g/mol. The first kappa shape index (κ1) is 16.6. The highest BCUT2D eigenvalue weighted by Gasteiger charge is 2.31. The molecule has 0 spiro atoms. The van der Waals surface area contributed by atoms with Gasteiger partial charge in [-0.15, -0.1) is 0 Å². The number of benzene rings is 1. The Morgan fingerprint density at radius 2 is 2.12 bits per heavy atom. The predicted octanol–water partition coefficient (Wildman–Crippen LogP) is 2.68. The van der Waals surface area contributed by atoms with Gasteiger partial charge in [-0.05, 0) is 50.3 Å². The van der Waals surface area contributed by atoms with Gasteiger partial charge in [0.05, 0.1) is 6.07 Å². The lowest BCUT2D eigenvalue weighted by Crippen LogP contribution is -2.37. The van der Waals surface area contributed by atoms with Crippen molar-refractivity contribution < 1.29 is 18.7 Å². The van der Waals surface area contributed by atoms with Gasteiger partial charge in [0, 0.05) is 23.4 Å². The number of fused-ring (bicyclic) bond motifs is 3. The van der Waals surface area contributed by atoms with E-state index >= 15 is 0 Å². The van der Waals surface area contributed by atoms with Crippen LogP contribution in [0, 0.1) is 17.2 Å². The SMILES string of the molecule is N#C[C@@H](C(=O)COc1ccc2oc3c(c2c1)CCCC3)C(=O)NC1CC1. The molecule has 2 aliphatic carbocycles. The molecule has 0 saturated heterocycles. The van der Waals surface area contributed by atoms with Gasteiger partial charge >= 0.3 is 0 Å². The number of amides is 1. The van der Waals surface area contributed by atoms with E-state index in [0.717, 1.165) is 55.3 Å². The Balaban J connectivity index is 1.44. The van der Waals surface area contributed by atoms with E-state index < -0.39 is 17.6 Å². The molecule has 0 aliphatic heterocycles. The van der Waals surface area contributed by atoms with E-state index in [1.165, 1.54) is 5.56 Å². The second kappa shape index (κ2) is 6.83. The minimum Gasteiger partial charge on any atom is -0.486 e. The zero-order valence-corrected chi connectivity index (χ0v) is 14.4. The largest absolute Gasteiger partial charge is 0.486 e. The summed E-state index contributed by atoms with van der Waals surface area (Å²) in [5.41, 5.74) is 2.05. The number of carbonyl (C=O) groups excluding carboxylic acids is 2. The topological polar surface area (TPSA) is 92.3 Å². The molecule has 0 bridgehead atoms. The number of nitriles is 1. The maximum absolute atomic E-state index is 12.2. The van der Waals surface area contributed by atoms with E-state index in [1.807, 2.05) is 12.1 Å². The van der Waals surface area contributed by atoms with Crippen LogP contribution >= 0.6 is 0 Å². The Morgan fingerprint density at radius 1 is 1.31 bits per heavy atom. The number of nitrogens with one attached hydrogen (secondary N) is 1. The van der Waals surface area contributed by atoms with Crippen molar-refractivity contribution in [1.29, 1.82) is 5.26 Å². The summed E-state index contributed by atoms with van der Waals surface area (Å²) in [6.07, 6.45) is 6.04. The summed E-state index contributed by atoms with van der Waals surface area (Å²) in [6, 6.07) is 7.36. The number of ether oxygens (including phenoxy) is 1. The van der Waals surface area contributed by atoms with E-state index in [0.29, 0.717) is 5.75 Å². The van der Waals surface area contributed by atoms with Crippen LogP contribution in [0.5, 0.6) is 5.75 Å². The summed E-state index contributed by atoms with van der Waals surface area (Å²) in [4.78, 5) is 24.2. The van der Waals surface area contributed by atoms with Crippen LogP contribution in [0.2, 0.25) is 0 Å². The number of nitrogens with zero attached hydrogens (tertiary/aromatic N) is 1. The fraction of sp³-hybridized carbons (Fsp3) is 0.450.